The molecule has 0 unspecified atom stereocenters. The summed E-state index contributed by atoms with van der Waals surface area (Å²) < 4.78 is 0. The van der Waals surface area contributed by atoms with Crippen molar-refractivity contribution in [1.29, 1.82) is 0 Å². The van der Waals surface area contributed by atoms with Crippen LogP contribution in [0.3, 0.4) is 0 Å². The van der Waals surface area contributed by atoms with Gasteiger partial charge in [0, 0.05) is 43.5 Å². The van der Waals surface area contributed by atoms with Crippen molar-refractivity contribution in [1.82, 2.24) is 9.80 Å². The summed E-state index contributed by atoms with van der Waals surface area (Å²) in [6.07, 6.45) is 6.75. The van der Waals surface area contributed by atoms with Crippen molar-refractivity contribution >= 4 is 28.9 Å². The smallest absolute Gasteiger partial charge is 0.253 e. The molecule has 2 aliphatic rings. The van der Waals surface area contributed by atoms with Crippen molar-refractivity contribution in [3.63, 3.8) is 0 Å². The van der Waals surface area contributed by atoms with E-state index in [9.17, 15) is 4.79 Å². The van der Waals surface area contributed by atoms with Gasteiger partial charge in [0.15, 0.2) is 5.11 Å². The van der Waals surface area contributed by atoms with E-state index in [4.69, 9.17) is 18.0 Å². The minimum absolute atomic E-state index is 0.111. The second kappa shape index (κ2) is 7.94. The molecule has 1 heterocycles. The summed E-state index contributed by atoms with van der Waals surface area (Å²) in [5, 5.41) is 3.10. The minimum Gasteiger partial charge on any atom is -0.376 e. The number of hydrogen-bond donors (Lipinski definition) is 2. The number of amides is 1. The molecular formula is C18H26N4OS. The topological polar surface area (TPSA) is 61.6 Å². The first-order valence-electron chi connectivity index (χ1n) is 8.83. The molecule has 24 heavy (non-hydrogen) atoms. The van der Waals surface area contributed by atoms with Gasteiger partial charge in [0.25, 0.3) is 5.91 Å². The number of hydrogen-bond acceptors (Lipinski definition) is 3. The molecule has 1 aromatic carbocycles. The maximum atomic E-state index is 12.7. The van der Waals surface area contributed by atoms with Gasteiger partial charge < -0.3 is 16.0 Å². The van der Waals surface area contributed by atoms with E-state index in [2.05, 4.69) is 10.2 Å². The van der Waals surface area contributed by atoms with Gasteiger partial charge in [-0.05, 0) is 49.3 Å². The molecule has 0 radical (unpaired) electrons. The quantitative estimate of drug-likeness (QED) is 0.823. The van der Waals surface area contributed by atoms with Gasteiger partial charge in [0.1, 0.15) is 0 Å². The van der Waals surface area contributed by atoms with Crippen molar-refractivity contribution < 1.29 is 4.79 Å². The zero-order chi connectivity index (χ0) is 16.9. The lowest BCUT2D eigenvalue weighted by atomic mass is 9.94. The Kier molecular flexibility index (Phi) is 5.68. The molecule has 0 bridgehead atoms. The van der Waals surface area contributed by atoms with Gasteiger partial charge in [-0.2, -0.15) is 0 Å². The molecule has 5 nitrogen and oxygen atoms in total. The molecule has 1 aromatic rings. The Morgan fingerprint density at radius 2 is 1.67 bits per heavy atom. The van der Waals surface area contributed by atoms with E-state index in [-0.39, 0.29) is 11.0 Å². The summed E-state index contributed by atoms with van der Waals surface area (Å²) >= 11 is 4.82. The van der Waals surface area contributed by atoms with E-state index in [0.717, 1.165) is 43.5 Å². The van der Waals surface area contributed by atoms with E-state index in [1.165, 1.54) is 32.1 Å². The Hall–Kier alpha value is -1.66. The Morgan fingerprint density at radius 3 is 2.25 bits per heavy atom. The highest BCUT2D eigenvalue weighted by Crippen LogP contribution is 2.24. The van der Waals surface area contributed by atoms with Gasteiger partial charge in [0.2, 0.25) is 0 Å². The second-order valence-electron chi connectivity index (χ2n) is 6.69. The highest BCUT2D eigenvalue weighted by Gasteiger charge is 2.27. The van der Waals surface area contributed by atoms with Crippen LogP contribution >= 0.6 is 12.2 Å². The molecule has 1 aliphatic carbocycles. The van der Waals surface area contributed by atoms with Crippen LogP contribution in [0.2, 0.25) is 0 Å². The third-order valence-corrected chi connectivity index (χ3v) is 5.19. The Balaban J connectivity index is 1.53. The molecule has 1 aliphatic heterocycles. The number of rotatable bonds is 3. The first-order valence-corrected chi connectivity index (χ1v) is 9.24. The van der Waals surface area contributed by atoms with Crippen molar-refractivity contribution in [2.45, 2.75) is 38.1 Å². The number of piperazine rings is 1. The summed E-state index contributed by atoms with van der Waals surface area (Å²) in [6, 6.07) is 8.07. The van der Waals surface area contributed by atoms with Gasteiger partial charge in [-0.1, -0.05) is 19.3 Å². The second-order valence-corrected chi connectivity index (χ2v) is 7.13. The fourth-order valence-electron chi connectivity index (χ4n) is 3.76. The standard InChI is InChI=1S/C18H26N4OS/c19-18(24)20-15-8-6-14(7-9-15)17(23)22-12-10-21(11-13-22)16-4-2-1-3-5-16/h6-9,16H,1-5,10-13H2,(H3,19,20,24). The lowest BCUT2D eigenvalue weighted by molar-refractivity contribution is 0.0523. The summed E-state index contributed by atoms with van der Waals surface area (Å²) in [6.45, 7) is 3.64. The van der Waals surface area contributed by atoms with Crippen LogP contribution < -0.4 is 11.1 Å². The van der Waals surface area contributed by atoms with Crippen LogP contribution in [0.15, 0.2) is 24.3 Å². The number of thiocarbonyl (C=S) groups is 1. The number of nitrogens with zero attached hydrogens (tertiary/aromatic N) is 2. The maximum absolute atomic E-state index is 12.7. The first-order chi connectivity index (χ1) is 11.6. The van der Waals surface area contributed by atoms with Crippen LogP contribution in [0.1, 0.15) is 42.5 Å². The summed E-state index contributed by atoms with van der Waals surface area (Å²) in [4.78, 5) is 17.2. The average Bonchev–Trinajstić information content (AvgIpc) is 2.62. The summed E-state index contributed by atoms with van der Waals surface area (Å²) in [7, 11) is 0. The Labute approximate surface area is 149 Å². The summed E-state index contributed by atoms with van der Waals surface area (Å²) in [5.74, 6) is 0.111. The van der Waals surface area contributed by atoms with Gasteiger partial charge >= 0.3 is 0 Å². The average molecular weight is 347 g/mol. The molecule has 6 heteroatoms. The Morgan fingerprint density at radius 1 is 1.04 bits per heavy atom. The highest BCUT2D eigenvalue weighted by atomic mass is 32.1. The van der Waals surface area contributed by atoms with Crippen LogP contribution in [0, 0.1) is 0 Å². The number of carbonyl (C=O) groups is 1. The zero-order valence-electron chi connectivity index (χ0n) is 14.0. The molecule has 1 saturated heterocycles. The van der Waals surface area contributed by atoms with E-state index in [0.29, 0.717) is 0 Å². The van der Waals surface area contributed by atoms with Crippen molar-refractivity contribution in [3.05, 3.63) is 29.8 Å². The highest BCUT2D eigenvalue weighted by molar-refractivity contribution is 7.80. The van der Waals surface area contributed by atoms with Crippen LogP contribution in [-0.4, -0.2) is 53.0 Å². The maximum Gasteiger partial charge on any atom is 0.253 e. The number of anilines is 1. The molecule has 1 saturated carbocycles. The van der Waals surface area contributed by atoms with Crippen LogP contribution in [-0.2, 0) is 0 Å². The largest absolute Gasteiger partial charge is 0.376 e. The lowest BCUT2D eigenvalue weighted by Crippen LogP contribution is -2.52. The number of nitrogens with two attached hydrogens (primary N) is 1. The predicted molar refractivity (Wildman–Crippen MR) is 101 cm³/mol. The number of benzene rings is 1. The van der Waals surface area contributed by atoms with Gasteiger partial charge in [-0.3, -0.25) is 9.69 Å². The lowest BCUT2D eigenvalue weighted by Gasteiger charge is -2.40. The molecule has 130 valence electrons. The minimum atomic E-state index is 0.111. The normalized spacial score (nSPS) is 19.9. The van der Waals surface area contributed by atoms with Crippen LogP contribution in [0.5, 0.6) is 0 Å². The van der Waals surface area contributed by atoms with Crippen LogP contribution in [0.4, 0.5) is 5.69 Å². The summed E-state index contributed by atoms with van der Waals surface area (Å²) in [5.41, 5.74) is 6.98. The van der Waals surface area contributed by atoms with Gasteiger partial charge in [0.05, 0.1) is 0 Å². The fraction of sp³-hybridized carbons (Fsp3) is 0.556. The third kappa shape index (κ3) is 4.24. The van der Waals surface area contributed by atoms with E-state index in [1.54, 1.807) is 0 Å². The monoisotopic (exact) mass is 346 g/mol. The molecule has 3 rings (SSSR count). The molecule has 1 amide bonds. The van der Waals surface area contributed by atoms with Crippen LogP contribution in [0.25, 0.3) is 0 Å². The molecule has 2 fully saturated rings. The number of carbonyl (C=O) groups excluding carboxylic acids is 1. The van der Waals surface area contributed by atoms with Crippen molar-refractivity contribution in [2.75, 3.05) is 31.5 Å². The van der Waals surface area contributed by atoms with Gasteiger partial charge in [-0.15, -0.1) is 0 Å². The fourth-order valence-corrected chi connectivity index (χ4v) is 3.88. The van der Waals surface area contributed by atoms with Gasteiger partial charge in [-0.25, -0.2) is 0 Å². The van der Waals surface area contributed by atoms with Crippen molar-refractivity contribution in [2.24, 2.45) is 5.73 Å². The first kappa shape index (κ1) is 17.2. The van der Waals surface area contributed by atoms with E-state index < -0.39 is 0 Å². The SMILES string of the molecule is NC(=S)Nc1ccc(C(=O)N2CCN(C3CCCCC3)CC2)cc1. The van der Waals surface area contributed by atoms with Crippen molar-refractivity contribution in [3.8, 4) is 0 Å². The molecule has 0 aromatic heterocycles. The molecule has 3 N–H and O–H groups in total. The third-order valence-electron chi connectivity index (χ3n) is 5.09. The Bertz CT molecular complexity index is 575. The van der Waals surface area contributed by atoms with E-state index in [1.807, 2.05) is 29.2 Å². The number of nitrogens with one attached hydrogen (secondary N) is 1. The molecule has 0 atom stereocenters. The zero-order valence-corrected chi connectivity index (χ0v) is 14.9. The molecular weight excluding hydrogens is 320 g/mol. The molecule has 0 spiro atoms. The predicted octanol–water partition coefficient (Wildman–Crippen LogP) is 2.43. The van der Waals surface area contributed by atoms with E-state index >= 15 is 0 Å².